The minimum atomic E-state index is -0.503. The lowest BCUT2D eigenvalue weighted by atomic mass is 10.2. The van der Waals surface area contributed by atoms with E-state index in [0.29, 0.717) is 5.69 Å². The molecule has 1 atom stereocenters. The number of hydrogen-bond acceptors (Lipinski definition) is 2. The molecule has 68 valence electrons. The second-order valence-corrected chi connectivity index (χ2v) is 2.64. The maximum absolute atomic E-state index is 12.6. The largest absolute Gasteiger partial charge is 0.371 e. The van der Waals surface area contributed by atoms with Gasteiger partial charge >= 0.3 is 0 Å². The van der Waals surface area contributed by atoms with Gasteiger partial charge in [0.25, 0.3) is 0 Å². The number of pyridine rings is 1. The van der Waals surface area contributed by atoms with E-state index in [0.717, 1.165) is 6.42 Å². The average Bonchev–Trinajstić information content (AvgIpc) is 2.14. The van der Waals surface area contributed by atoms with E-state index in [9.17, 15) is 4.39 Å². The Labute approximate surface area is 77.2 Å². The number of hydrogen-bond donors (Lipinski definition) is 1. The van der Waals surface area contributed by atoms with Crippen LogP contribution in [0.4, 0.5) is 10.1 Å². The van der Waals surface area contributed by atoms with Crippen LogP contribution >= 0.6 is 0 Å². The van der Waals surface area contributed by atoms with Gasteiger partial charge in [0.1, 0.15) is 0 Å². The van der Waals surface area contributed by atoms with Crippen molar-refractivity contribution in [3.8, 4) is 12.3 Å². The van der Waals surface area contributed by atoms with Crippen molar-refractivity contribution in [2.75, 3.05) is 5.32 Å². The molecule has 1 unspecified atom stereocenters. The number of nitrogens with zero attached hydrogens (tertiary/aromatic N) is 1. The van der Waals surface area contributed by atoms with E-state index >= 15 is 0 Å². The molecule has 1 N–H and O–H groups in total. The Morgan fingerprint density at radius 1 is 1.77 bits per heavy atom. The zero-order valence-electron chi connectivity index (χ0n) is 7.42. The normalized spacial score (nSPS) is 11.8. The lowest BCUT2D eigenvalue weighted by Gasteiger charge is -2.11. The van der Waals surface area contributed by atoms with E-state index < -0.39 is 5.95 Å². The van der Waals surface area contributed by atoms with E-state index in [4.69, 9.17) is 6.42 Å². The van der Waals surface area contributed by atoms with Crippen molar-refractivity contribution in [2.45, 2.75) is 19.4 Å². The standard InChI is InChI=1S/C10H11FN2/c1-3-8(4-2)13-9-5-6-12-10(11)7-9/h1,5-8H,4H2,2H3,(H,12,13). The Morgan fingerprint density at radius 2 is 2.54 bits per heavy atom. The van der Waals surface area contributed by atoms with Gasteiger partial charge in [-0.05, 0) is 12.5 Å². The predicted octanol–water partition coefficient (Wildman–Crippen LogP) is 2.04. The number of anilines is 1. The minimum absolute atomic E-state index is 0.0539. The number of rotatable bonds is 3. The highest BCUT2D eigenvalue weighted by atomic mass is 19.1. The number of nitrogens with one attached hydrogen (secondary N) is 1. The molecule has 0 saturated carbocycles. The van der Waals surface area contributed by atoms with Crippen LogP contribution in [-0.2, 0) is 0 Å². The first kappa shape index (κ1) is 9.53. The van der Waals surface area contributed by atoms with Crippen molar-refractivity contribution in [3.05, 3.63) is 24.3 Å². The summed E-state index contributed by atoms with van der Waals surface area (Å²) in [7, 11) is 0. The molecular formula is C10H11FN2. The van der Waals surface area contributed by atoms with Crippen LogP contribution in [0.5, 0.6) is 0 Å². The Balaban J connectivity index is 2.69. The number of terminal acetylenes is 1. The van der Waals surface area contributed by atoms with Gasteiger partial charge in [-0.15, -0.1) is 6.42 Å². The molecule has 0 aliphatic rings. The maximum atomic E-state index is 12.6. The summed E-state index contributed by atoms with van der Waals surface area (Å²) in [4.78, 5) is 3.44. The van der Waals surface area contributed by atoms with Crippen LogP contribution in [0.3, 0.4) is 0 Å². The van der Waals surface area contributed by atoms with Gasteiger partial charge in [-0.1, -0.05) is 12.8 Å². The van der Waals surface area contributed by atoms with Crippen LogP contribution < -0.4 is 5.32 Å². The number of halogens is 1. The van der Waals surface area contributed by atoms with Crippen molar-refractivity contribution in [1.82, 2.24) is 4.98 Å². The van der Waals surface area contributed by atoms with Gasteiger partial charge in [0.2, 0.25) is 5.95 Å². The fraction of sp³-hybridized carbons (Fsp3) is 0.300. The number of aromatic nitrogens is 1. The summed E-state index contributed by atoms with van der Waals surface area (Å²) in [6, 6.07) is 2.95. The zero-order chi connectivity index (χ0) is 9.68. The second kappa shape index (κ2) is 4.46. The Hall–Kier alpha value is -1.56. The predicted molar refractivity (Wildman–Crippen MR) is 50.7 cm³/mol. The third kappa shape index (κ3) is 2.75. The van der Waals surface area contributed by atoms with Crippen molar-refractivity contribution >= 4 is 5.69 Å². The van der Waals surface area contributed by atoms with E-state index in [1.165, 1.54) is 12.3 Å². The molecule has 1 heterocycles. The molecule has 0 aliphatic carbocycles. The fourth-order valence-electron chi connectivity index (χ4n) is 0.955. The molecular weight excluding hydrogens is 167 g/mol. The minimum Gasteiger partial charge on any atom is -0.371 e. The van der Waals surface area contributed by atoms with Crippen LogP contribution in [0.1, 0.15) is 13.3 Å². The first-order chi connectivity index (χ1) is 6.26. The van der Waals surface area contributed by atoms with Crippen LogP contribution in [0.15, 0.2) is 18.3 Å². The van der Waals surface area contributed by atoms with Crippen molar-refractivity contribution in [2.24, 2.45) is 0 Å². The maximum Gasteiger partial charge on any atom is 0.214 e. The Morgan fingerprint density at radius 3 is 3.08 bits per heavy atom. The van der Waals surface area contributed by atoms with Gasteiger partial charge in [0.15, 0.2) is 0 Å². The van der Waals surface area contributed by atoms with E-state index in [-0.39, 0.29) is 6.04 Å². The molecule has 0 saturated heterocycles. The van der Waals surface area contributed by atoms with Crippen molar-refractivity contribution in [1.29, 1.82) is 0 Å². The molecule has 3 heteroatoms. The second-order valence-electron chi connectivity index (χ2n) is 2.64. The topological polar surface area (TPSA) is 24.9 Å². The molecule has 13 heavy (non-hydrogen) atoms. The summed E-state index contributed by atoms with van der Waals surface area (Å²) in [6.07, 6.45) is 7.46. The highest BCUT2D eigenvalue weighted by molar-refractivity contribution is 5.43. The van der Waals surface area contributed by atoms with Gasteiger partial charge in [-0.3, -0.25) is 0 Å². The third-order valence-electron chi connectivity index (χ3n) is 1.68. The van der Waals surface area contributed by atoms with Gasteiger partial charge in [-0.25, -0.2) is 4.98 Å². The van der Waals surface area contributed by atoms with Crippen LogP contribution in [0, 0.1) is 18.3 Å². The van der Waals surface area contributed by atoms with Crippen LogP contribution in [-0.4, -0.2) is 11.0 Å². The molecule has 0 fully saturated rings. The first-order valence-electron chi connectivity index (χ1n) is 4.10. The molecule has 0 amide bonds. The monoisotopic (exact) mass is 178 g/mol. The molecule has 1 aromatic heterocycles. The van der Waals surface area contributed by atoms with E-state index in [1.54, 1.807) is 6.07 Å². The summed E-state index contributed by atoms with van der Waals surface area (Å²) in [5.74, 6) is 2.06. The highest BCUT2D eigenvalue weighted by Gasteiger charge is 2.01. The van der Waals surface area contributed by atoms with E-state index in [2.05, 4.69) is 16.2 Å². The summed E-state index contributed by atoms with van der Waals surface area (Å²) in [5.41, 5.74) is 0.664. The first-order valence-corrected chi connectivity index (χ1v) is 4.10. The average molecular weight is 178 g/mol. The van der Waals surface area contributed by atoms with Gasteiger partial charge < -0.3 is 5.32 Å². The van der Waals surface area contributed by atoms with Gasteiger partial charge in [0.05, 0.1) is 6.04 Å². The van der Waals surface area contributed by atoms with Crippen LogP contribution in [0.25, 0.3) is 0 Å². The molecule has 0 radical (unpaired) electrons. The molecule has 0 spiro atoms. The molecule has 0 aromatic carbocycles. The van der Waals surface area contributed by atoms with Crippen molar-refractivity contribution in [3.63, 3.8) is 0 Å². The third-order valence-corrected chi connectivity index (χ3v) is 1.68. The lowest BCUT2D eigenvalue weighted by molar-refractivity contribution is 0.584. The lowest BCUT2D eigenvalue weighted by Crippen LogP contribution is -2.15. The highest BCUT2D eigenvalue weighted by Crippen LogP contribution is 2.09. The molecule has 1 aromatic rings. The summed E-state index contributed by atoms with van der Waals surface area (Å²) in [6.45, 7) is 1.97. The van der Waals surface area contributed by atoms with Gasteiger partial charge in [0, 0.05) is 18.0 Å². The molecule has 1 rings (SSSR count). The SMILES string of the molecule is C#CC(CC)Nc1ccnc(F)c1. The van der Waals surface area contributed by atoms with Gasteiger partial charge in [-0.2, -0.15) is 4.39 Å². The van der Waals surface area contributed by atoms with E-state index in [1.807, 2.05) is 6.92 Å². The molecule has 0 bridgehead atoms. The molecule has 0 aliphatic heterocycles. The smallest absolute Gasteiger partial charge is 0.214 e. The fourth-order valence-corrected chi connectivity index (χ4v) is 0.955. The Bertz CT molecular complexity index is 317. The summed E-state index contributed by atoms with van der Waals surface area (Å²) in [5, 5.41) is 3.00. The quantitative estimate of drug-likeness (QED) is 0.566. The summed E-state index contributed by atoms with van der Waals surface area (Å²) >= 11 is 0. The summed E-state index contributed by atoms with van der Waals surface area (Å²) < 4.78 is 12.6. The molecule has 2 nitrogen and oxygen atoms in total. The Kier molecular flexibility index (Phi) is 3.27. The van der Waals surface area contributed by atoms with Crippen molar-refractivity contribution < 1.29 is 4.39 Å². The van der Waals surface area contributed by atoms with Crippen LogP contribution in [0.2, 0.25) is 0 Å². The zero-order valence-corrected chi connectivity index (χ0v) is 7.42.